The number of halogens is 1. The summed E-state index contributed by atoms with van der Waals surface area (Å²) >= 11 is 0. The fraction of sp³-hybridized carbons (Fsp3) is 0.263. The van der Waals surface area contributed by atoms with Crippen molar-refractivity contribution in [3.63, 3.8) is 0 Å². The third-order valence-corrected chi connectivity index (χ3v) is 4.79. The van der Waals surface area contributed by atoms with Gasteiger partial charge in [0.1, 0.15) is 17.5 Å². The van der Waals surface area contributed by atoms with Crippen molar-refractivity contribution in [3.05, 3.63) is 60.2 Å². The first kappa shape index (κ1) is 17.9. The maximum Gasteiger partial charge on any atom is 0.256 e. The quantitative estimate of drug-likeness (QED) is 0.720. The van der Waals surface area contributed by atoms with Crippen molar-refractivity contribution in [2.45, 2.75) is 18.9 Å². The number of nitrogen functional groups attached to an aromatic ring is 1. The van der Waals surface area contributed by atoms with Crippen molar-refractivity contribution < 1.29 is 9.18 Å². The first-order valence-electron chi connectivity index (χ1n) is 9.04. The van der Waals surface area contributed by atoms with Gasteiger partial charge in [0, 0.05) is 30.9 Å². The van der Waals surface area contributed by atoms with E-state index in [1.54, 1.807) is 24.5 Å². The lowest BCUT2D eigenvalue weighted by Gasteiger charge is -2.33. The molecule has 1 aliphatic heterocycles. The molecule has 0 radical (unpaired) electrons. The van der Waals surface area contributed by atoms with Gasteiger partial charge < -0.3 is 16.0 Å². The molecule has 0 bridgehead atoms. The number of rotatable bonds is 4. The van der Waals surface area contributed by atoms with E-state index in [4.69, 9.17) is 5.73 Å². The molecule has 3 heterocycles. The molecule has 1 fully saturated rings. The Kier molecular flexibility index (Phi) is 4.88. The Balaban J connectivity index is 1.43. The minimum atomic E-state index is -0.445. The van der Waals surface area contributed by atoms with Gasteiger partial charge >= 0.3 is 0 Å². The molecular formula is C19H20FN7O. The van der Waals surface area contributed by atoms with Crippen LogP contribution >= 0.6 is 0 Å². The Bertz CT molecular complexity index is 982. The second-order valence-corrected chi connectivity index (χ2v) is 6.62. The average molecular weight is 381 g/mol. The van der Waals surface area contributed by atoms with Gasteiger partial charge in [0.15, 0.2) is 0 Å². The Hall–Kier alpha value is -3.49. The number of nitrogens with zero attached hydrogens (tertiary/aromatic N) is 5. The van der Waals surface area contributed by atoms with Crippen molar-refractivity contribution in [2.24, 2.45) is 0 Å². The van der Waals surface area contributed by atoms with Gasteiger partial charge in [-0.15, -0.1) is 0 Å². The minimum Gasteiger partial charge on any atom is -0.368 e. The van der Waals surface area contributed by atoms with Crippen LogP contribution in [0.2, 0.25) is 0 Å². The van der Waals surface area contributed by atoms with Gasteiger partial charge in [-0.1, -0.05) is 6.07 Å². The zero-order valence-corrected chi connectivity index (χ0v) is 15.1. The highest BCUT2D eigenvalue weighted by atomic mass is 19.1. The third kappa shape index (κ3) is 3.78. The maximum absolute atomic E-state index is 13.4. The molecule has 1 aliphatic rings. The van der Waals surface area contributed by atoms with Crippen LogP contribution in [0.3, 0.4) is 0 Å². The molecule has 4 rings (SSSR count). The van der Waals surface area contributed by atoms with Gasteiger partial charge in [-0.3, -0.25) is 4.79 Å². The van der Waals surface area contributed by atoms with Crippen LogP contribution in [-0.2, 0) is 0 Å². The molecule has 8 nitrogen and oxygen atoms in total. The van der Waals surface area contributed by atoms with E-state index < -0.39 is 5.82 Å². The summed E-state index contributed by atoms with van der Waals surface area (Å²) in [6, 6.07) is 9.34. The molecule has 1 amide bonds. The lowest BCUT2D eigenvalue weighted by Crippen LogP contribution is -2.36. The number of nitrogens with one attached hydrogen (secondary N) is 1. The van der Waals surface area contributed by atoms with Gasteiger partial charge in [0.2, 0.25) is 5.95 Å². The van der Waals surface area contributed by atoms with E-state index in [9.17, 15) is 9.18 Å². The molecule has 9 heteroatoms. The molecular weight excluding hydrogens is 361 g/mol. The van der Waals surface area contributed by atoms with E-state index in [1.807, 2.05) is 10.7 Å². The summed E-state index contributed by atoms with van der Waals surface area (Å²) in [6.45, 7) is 1.58. The Morgan fingerprint density at radius 3 is 2.75 bits per heavy atom. The smallest absolute Gasteiger partial charge is 0.256 e. The largest absolute Gasteiger partial charge is 0.368 e. The topological polar surface area (TPSA) is 102 Å². The van der Waals surface area contributed by atoms with Crippen LogP contribution in [0.4, 0.5) is 22.0 Å². The van der Waals surface area contributed by atoms with Gasteiger partial charge in [-0.05, 0) is 37.1 Å². The second kappa shape index (κ2) is 7.63. The van der Waals surface area contributed by atoms with E-state index in [0.29, 0.717) is 5.82 Å². The summed E-state index contributed by atoms with van der Waals surface area (Å²) in [6.07, 6.45) is 4.98. The van der Waals surface area contributed by atoms with Gasteiger partial charge in [-0.25, -0.2) is 14.1 Å². The first-order valence-corrected chi connectivity index (χ1v) is 9.04. The molecule has 0 unspecified atom stereocenters. The molecule has 1 saturated heterocycles. The third-order valence-electron chi connectivity index (χ3n) is 4.79. The predicted molar refractivity (Wildman–Crippen MR) is 104 cm³/mol. The van der Waals surface area contributed by atoms with Crippen LogP contribution in [-0.4, -0.2) is 38.7 Å². The summed E-state index contributed by atoms with van der Waals surface area (Å²) in [5, 5.41) is 7.21. The molecule has 144 valence electrons. The second-order valence-electron chi connectivity index (χ2n) is 6.62. The first-order chi connectivity index (χ1) is 13.6. The molecule has 0 saturated carbocycles. The van der Waals surface area contributed by atoms with E-state index in [2.05, 4.69) is 25.3 Å². The maximum atomic E-state index is 13.4. The highest BCUT2D eigenvalue weighted by Gasteiger charge is 2.24. The summed E-state index contributed by atoms with van der Waals surface area (Å²) in [5.74, 6) is 0.855. The lowest BCUT2D eigenvalue weighted by atomic mass is 10.1. The molecule has 0 aliphatic carbocycles. The van der Waals surface area contributed by atoms with Crippen molar-refractivity contribution >= 4 is 23.5 Å². The molecule has 2 aromatic heterocycles. The Morgan fingerprint density at radius 1 is 1.18 bits per heavy atom. The average Bonchev–Trinajstić information content (AvgIpc) is 3.16. The zero-order valence-electron chi connectivity index (χ0n) is 15.1. The number of hydrogen-bond donors (Lipinski definition) is 2. The van der Waals surface area contributed by atoms with Crippen molar-refractivity contribution in [1.82, 2.24) is 19.7 Å². The number of nitrogens with two attached hydrogens (primary N) is 1. The zero-order chi connectivity index (χ0) is 19.5. The van der Waals surface area contributed by atoms with E-state index in [1.165, 1.54) is 18.2 Å². The summed E-state index contributed by atoms with van der Waals surface area (Å²) < 4.78 is 15.2. The Morgan fingerprint density at radius 2 is 2.00 bits per heavy atom. The summed E-state index contributed by atoms with van der Waals surface area (Å²) in [7, 11) is 0. The number of carbonyl (C=O) groups is 1. The van der Waals surface area contributed by atoms with Crippen molar-refractivity contribution in [2.75, 3.05) is 29.0 Å². The number of hydrogen-bond acceptors (Lipinski definition) is 6. The molecule has 3 aromatic rings. The van der Waals surface area contributed by atoms with E-state index >= 15 is 0 Å². The van der Waals surface area contributed by atoms with Crippen molar-refractivity contribution in [3.8, 4) is 0 Å². The molecule has 0 spiro atoms. The normalized spacial score (nSPS) is 14.8. The highest BCUT2D eigenvalue weighted by Crippen LogP contribution is 2.27. The van der Waals surface area contributed by atoms with Crippen LogP contribution < -0.4 is 16.0 Å². The number of aromatic nitrogens is 4. The number of benzene rings is 1. The fourth-order valence-corrected chi connectivity index (χ4v) is 3.40. The number of piperidine rings is 1. The molecule has 1 aromatic carbocycles. The lowest BCUT2D eigenvalue weighted by molar-refractivity contribution is 0.102. The van der Waals surface area contributed by atoms with Gasteiger partial charge in [0.05, 0.1) is 12.2 Å². The summed E-state index contributed by atoms with van der Waals surface area (Å²) in [5.41, 5.74) is 5.93. The molecule has 28 heavy (non-hydrogen) atoms. The van der Waals surface area contributed by atoms with Crippen LogP contribution in [0.5, 0.6) is 0 Å². The number of amides is 1. The number of carbonyl (C=O) groups excluding carboxylic acids is 1. The van der Waals surface area contributed by atoms with Crippen LogP contribution in [0.1, 0.15) is 29.2 Å². The predicted octanol–water partition coefficient (Wildman–Crippen LogP) is 2.49. The number of anilines is 3. The highest BCUT2D eigenvalue weighted by molar-refractivity contribution is 6.03. The van der Waals surface area contributed by atoms with Gasteiger partial charge in [-0.2, -0.15) is 10.1 Å². The van der Waals surface area contributed by atoms with Crippen LogP contribution in [0, 0.1) is 5.82 Å². The Labute approximate surface area is 161 Å². The standard InChI is InChI=1S/C19H20FN7O/c20-14-3-1-2-13(12-14)18(28)24-17-5-9-23-27(17)15-6-10-26(11-7-15)16-4-8-22-19(21)25-16/h1-5,8-9,12,15H,6-7,10-11H2,(H,24,28)(H2,21,22,25). The SMILES string of the molecule is Nc1nccc(N2CCC(n3nccc3NC(=O)c3cccc(F)c3)CC2)n1. The monoisotopic (exact) mass is 381 g/mol. The fourth-order valence-electron chi connectivity index (χ4n) is 3.40. The van der Waals surface area contributed by atoms with Gasteiger partial charge in [0.25, 0.3) is 5.91 Å². The van der Waals surface area contributed by atoms with E-state index in [-0.39, 0.29) is 23.5 Å². The minimum absolute atomic E-state index is 0.147. The van der Waals surface area contributed by atoms with E-state index in [0.717, 1.165) is 31.7 Å². The summed E-state index contributed by atoms with van der Waals surface area (Å²) in [4.78, 5) is 22.8. The molecule has 0 atom stereocenters. The molecule has 3 N–H and O–H groups in total. The van der Waals surface area contributed by atoms with Crippen LogP contribution in [0.15, 0.2) is 48.8 Å². The van der Waals surface area contributed by atoms with Crippen molar-refractivity contribution in [1.29, 1.82) is 0 Å². The van der Waals surface area contributed by atoms with Crippen LogP contribution in [0.25, 0.3) is 0 Å².